The number of carbonyl (C=O) groups excluding carboxylic acids is 2. The van der Waals surface area contributed by atoms with Crippen LogP contribution in [0.3, 0.4) is 0 Å². The minimum atomic E-state index is -0.243. The van der Waals surface area contributed by atoms with E-state index in [9.17, 15) is 9.59 Å². The summed E-state index contributed by atoms with van der Waals surface area (Å²) in [4.78, 5) is 25.8. The average Bonchev–Trinajstić information content (AvgIpc) is 2.45. The van der Waals surface area contributed by atoms with Crippen molar-refractivity contribution in [2.24, 2.45) is 5.92 Å². The predicted octanol–water partition coefficient (Wildman–Crippen LogP) is 2.08. The van der Waals surface area contributed by atoms with Crippen LogP contribution in [-0.4, -0.2) is 35.8 Å². The van der Waals surface area contributed by atoms with Crippen molar-refractivity contribution in [2.45, 2.75) is 64.3 Å². The van der Waals surface area contributed by atoms with Crippen LogP contribution in [0.25, 0.3) is 0 Å². The molecule has 19 heavy (non-hydrogen) atoms. The van der Waals surface area contributed by atoms with E-state index in [4.69, 9.17) is 0 Å². The Morgan fingerprint density at radius 2 is 2.05 bits per heavy atom. The molecular weight excluding hydrogens is 240 g/mol. The number of nitrogens with zero attached hydrogens (tertiary/aromatic N) is 1. The summed E-state index contributed by atoms with van der Waals surface area (Å²) in [7, 11) is 0. The number of hydrogen-bond acceptors (Lipinski definition) is 2. The van der Waals surface area contributed by atoms with Crippen molar-refractivity contribution in [3.63, 3.8) is 0 Å². The van der Waals surface area contributed by atoms with Gasteiger partial charge in [0.1, 0.15) is 6.04 Å². The summed E-state index contributed by atoms with van der Waals surface area (Å²) >= 11 is 0. The molecule has 108 valence electrons. The molecule has 0 radical (unpaired) electrons. The van der Waals surface area contributed by atoms with Gasteiger partial charge in [-0.05, 0) is 18.8 Å². The lowest BCUT2D eigenvalue weighted by molar-refractivity contribution is -0.143. The Kier molecular flexibility index (Phi) is 5.23. The zero-order valence-electron chi connectivity index (χ0n) is 12.0. The summed E-state index contributed by atoms with van der Waals surface area (Å²) < 4.78 is 0. The standard InChI is InChI=1S/C15H26N2O2/c1-2-13-15(19)16-10-11-17(13)14(18)9-8-12-6-4-3-5-7-12/h12-13H,2-11H2,1H3,(H,16,19). The first kappa shape index (κ1) is 14.4. The van der Waals surface area contributed by atoms with Crippen molar-refractivity contribution in [3.8, 4) is 0 Å². The largest absolute Gasteiger partial charge is 0.353 e. The van der Waals surface area contributed by atoms with Crippen LogP contribution in [0.1, 0.15) is 58.3 Å². The van der Waals surface area contributed by atoms with Gasteiger partial charge in [0, 0.05) is 19.5 Å². The molecule has 0 aromatic rings. The third-order valence-corrected chi connectivity index (χ3v) is 4.53. The topological polar surface area (TPSA) is 49.4 Å². The van der Waals surface area contributed by atoms with Crippen LogP contribution in [0.2, 0.25) is 0 Å². The van der Waals surface area contributed by atoms with Crippen molar-refractivity contribution in [1.29, 1.82) is 0 Å². The van der Waals surface area contributed by atoms with Crippen LogP contribution >= 0.6 is 0 Å². The Labute approximate surface area is 115 Å². The second kappa shape index (κ2) is 6.92. The fraction of sp³-hybridized carbons (Fsp3) is 0.867. The second-order valence-electron chi connectivity index (χ2n) is 5.84. The Balaban J connectivity index is 1.82. The summed E-state index contributed by atoms with van der Waals surface area (Å²) in [6.45, 7) is 3.25. The van der Waals surface area contributed by atoms with Gasteiger partial charge in [-0.2, -0.15) is 0 Å². The van der Waals surface area contributed by atoms with Gasteiger partial charge < -0.3 is 10.2 Å². The number of carbonyl (C=O) groups is 2. The van der Waals surface area contributed by atoms with Gasteiger partial charge in [0.15, 0.2) is 0 Å². The van der Waals surface area contributed by atoms with Crippen LogP contribution in [-0.2, 0) is 9.59 Å². The third-order valence-electron chi connectivity index (χ3n) is 4.53. The van der Waals surface area contributed by atoms with Gasteiger partial charge >= 0.3 is 0 Å². The molecule has 1 unspecified atom stereocenters. The fourth-order valence-corrected chi connectivity index (χ4v) is 3.37. The minimum absolute atomic E-state index is 0.0137. The first-order valence-electron chi connectivity index (χ1n) is 7.79. The highest BCUT2D eigenvalue weighted by molar-refractivity contribution is 5.88. The van der Waals surface area contributed by atoms with Crippen LogP contribution in [0.5, 0.6) is 0 Å². The molecule has 1 saturated heterocycles. The Morgan fingerprint density at radius 1 is 1.32 bits per heavy atom. The van der Waals surface area contributed by atoms with Gasteiger partial charge in [-0.3, -0.25) is 9.59 Å². The first-order chi connectivity index (χ1) is 9.22. The SMILES string of the molecule is CCC1C(=O)NCCN1C(=O)CCC1CCCCC1. The van der Waals surface area contributed by atoms with E-state index in [0.717, 1.165) is 12.3 Å². The lowest BCUT2D eigenvalue weighted by Crippen LogP contribution is -2.56. The van der Waals surface area contributed by atoms with Gasteiger partial charge in [0.05, 0.1) is 0 Å². The van der Waals surface area contributed by atoms with E-state index in [2.05, 4.69) is 5.32 Å². The smallest absolute Gasteiger partial charge is 0.242 e. The molecule has 0 bridgehead atoms. The van der Waals surface area contributed by atoms with E-state index in [0.29, 0.717) is 25.9 Å². The Morgan fingerprint density at radius 3 is 2.74 bits per heavy atom. The van der Waals surface area contributed by atoms with Gasteiger partial charge in [-0.1, -0.05) is 39.0 Å². The Bertz CT molecular complexity index is 324. The van der Waals surface area contributed by atoms with Gasteiger partial charge in [0.25, 0.3) is 0 Å². The quantitative estimate of drug-likeness (QED) is 0.847. The molecule has 1 heterocycles. The lowest BCUT2D eigenvalue weighted by atomic mass is 9.86. The first-order valence-corrected chi connectivity index (χ1v) is 7.79. The molecule has 1 atom stereocenters. The highest BCUT2D eigenvalue weighted by Crippen LogP contribution is 2.27. The predicted molar refractivity (Wildman–Crippen MR) is 74.6 cm³/mol. The normalized spacial score (nSPS) is 25.2. The summed E-state index contributed by atoms with van der Waals surface area (Å²) in [5.74, 6) is 0.920. The highest BCUT2D eigenvalue weighted by atomic mass is 16.2. The van der Waals surface area contributed by atoms with Crippen molar-refractivity contribution >= 4 is 11.8 Å². The van der Waals surface area contributed by atoms with Crippen molar-refractivity contribution in [1.82, 2.24) is 10.2 Å². The summed E-state index contributed by atoms with van der Waals surface area (Å²) in [5, 5.41) is 2.84. The van der Waals surface area contributed by atoms with Crippen LogP contribution < -0.4 is 5.32 Å². The summed E-state index contributed by atoms with van der Waals surface area (Å²) in [6.07, 6.45) is 8.90. The van der Waals surface area contributed by atoms with Crippen molar-refractivity contribution in [3.05, 3.63) is 0 Å². The third kappa shape index (κ3) is 3.71. The van der Waals surface area contributed by atoms with E-state index < -0.39 is 0 Å². The van der Waals surface area contributed by atoms with E-state index in [1.54, 1.807) is 4.90 Å². The monoisotopic (exact) mass is 266 g/mol. The van der Waals surface area contributed by atoms with E-state index in [1.165, 1.54) is 32.1 Å². The summed E-state index contributed by atoms with van der Waals surface area (Å²) in [6, 6.07) is -0.243. The molecule has 1 aliphatic heterocycles. The molecule has 2 aliphatic rings. The maximum atomic E-state index is 12.3. The summed E-state index contributed by atoms with van der Waals surface area (Å²) in [5.41, 5.74) is 0. The molecule has 1 aliphatic carbocycles. The number of rotatable bonds is 4. The molecule has 1 saturated carbocycles. The minimum Gasteiger partial charge on any atom is -0.353 e. The molecule has 1 N–H and O–H groups in total. The van der Waals surface area contributed by atoms with Gasteiger partial charge in [-0.15, -0.1) is 0 Å². The Hall–Kier alpha value is -1.06. The van der Waals surface area contributed by atoms with Crippen LogP contribution in [0, 0.1) is 5.92 Å². The van der Waals surface area contributed by atoms with E-state index in [-0.39, 0.29) is 17.9 Å². The molecular formula is C15H26N2O2. The van der Waals surface area contributed by atoms with Gasteiger partial charge in [0.2, 0.25) is 11.8 Å². The zero-order chi connectivity index (χ0) is 13.7. The van der Waals surface area contributed by atoms with E-state index >= 15 is 0 Å². The molecule has 0 aromatic heterocycles. The average molecular weight is 266 g/mol. The zero-order valence-corrected chi connectivity index (χ0v) is 12.0. The molecule has 2 fully saturated rings. The fourth-order valence-electron chi connectivity index (χ4n) is 3.37. The molecule has 2 rings (SSSR count). The maximum Gasteiger partial charge on any atom is 0.242 e. The molecule has 0 aromatic carbocycles. The molecule has 2 amide bonds. The molecule has 0 spiro atoms. The maximum absolute atomic E-state index is 12.3. The molecule has 4 heteroatoms. The number of piperazine rings is 1. The van der Waals surface area contributed by atoms with Gasteiger partial charge in [-0.25, -0.2) is 0 Å². The van der Waals surface area contributed by atoms with Crippen molar-refractivity contribution in [2.75, 3.05) is 13.1 Å². The van der Waals surface area contributed by atoms with E-state index in [1.807, 2.05) is 6.92 Å². The number of nitrogens with one attached hydrogen (secondary N) is 1. The van der Waals surface area contributed by atoms with Crippen molar-refractivity contribution < 1.29 is 9.59 Å². The second-order valence-corrected chi connectivity index (χ2v) is 5.84. The van der Waals surface area contributed by atoms with Crippen LogP contribution in [0.4, 0.5) is 0 Å². The number of amides is 2. The number of hydrogen-bond donors (Lipinski definition) is 1. The highest BCUT2D eigenvalue weighted by Gasteiger charge is 2.31. The lowest BCUT2D eigenvalue weighted by Gasteiger charge is -2.35. The molecule has 4 nitrogen and oxygen atoms in total. The van der Waals surface area contributed by atoms with Crippen LogP contribution in [0.15, 0.2) is 0 Å².